The summed E-state index contributed by atoms with van der Waals surface area (Å²) in [4.78, 5) is 61.6. The summed E-state index contributed by atoms with van der Waals surface area (Å²) < 4.78 is 15.6. The highest BCUT2D eigenvalue weighted by atomic mass is 32.1. The van der Waals surface area contributed by atoms with Crippen molar-refractivity contribution in [2.45, 2.75) is 104 Å². The first-order chi connectivity index (χ1) is 15.7. The van der Waals surface area contributed by atoms with Gasteiger partial charge in [0.05, 0.1) is 0 Å². The highest BCUT2D eigenvalue weighted by molar-refractivity contribution is 7.80. The van der Waals surface area contributed by atoms with E-state index in [0.29, 0.717) is 0 Å². The van der Waals surface area contributed by atoms with E-state index in [1.54, 1.807) is 62.3 Å². The molecular weight excluding hydrogens is 478 g/mol. The second-order valence-electron chi connectivity index (χ2n) is 10.9. The fourth-order valence-electron chi connectivity index (χ4n) is 2.50. The van der Waals surface area contributed by atoms with E-state index in [0.717, 1.165) is 0 Å². The van der Waals surface area contributed by atoms with E-state index in [2.05, 4.69) is 28.6 Å². The third kappa shape index (κ3) is 16.7. The van der Waals surface area contributed by atoms with Gasteiger partial charge in [0.15, 0.2) is 0 Å². The van der Waals surface area contributed by atoms with E-state index >= 15 is 0 Å². The van der Waals surface area contributed by atoms with Crippen LogP contribution < -0.4 is 16.0 Å². The summed E-state index contributed by atoms with van der Waals surface area (Å²) in [6, 6.07) is -2.31. The maximum atomic E-state index is 12.9. The van der Waals surface area contributed by atoms with Gasteiger partial charge in [-0.2, -0.15) is 12.6 Å². The van der Waals surface area contributed by atoms with Crippen molar-refractivity contribution in [1.29, 1.82) is 0 Å². The average Bonchev–Trinajstić information content (AvgIpc) is 2.63. The van der Waals surface area contributed by atoms with Crippen molar-refractivity contribution in [2.24, 2.45) is 0 Å². The standard InChI is InChI=1S/C23H41N3O8S/c1-21(2,3)32-16(27)11-10-14(26-20(31)34-23(7,8)9)19(30)25-15(13-35)18(29)24-12-17(28)33-22(4,5)6/h14-15,35H,10-13H2,1-9H3,(H,24,29)(H,25,30)(H,26,31)/t14-,15-/m0/s1. The number of esters is 2. The van der Waals surface area contributed by atoms with E-state index in [4.69, 9.17) is 14.2 Å². The molecule has 0 aliphatic rings. The van der Waals surface area contributed by atoms with Gasteiger partial charge < -0.3 is 30.2 Å². The van der Waals surface area contributed by atoms with Crippen molar-refractivity contribution >= 4 is 42.5 Å². The lowest BCUT2D eigenvalue weighted by molar-refractivity contribution is -0.155. The first-order valence-corrected chi connectivity index (χ1v) is 12.0. The van der Waals surface area contributed by atoms with E-state index in [-0.39, 0.29) is 18.6 Å². The molecule has 0 aliphatic heterocycles. The van der Waals surface area contributed by atoms with Crippen LogP contribution in [0.4, 0.5) is 4.79 Å². The molecule has 3 N–H and O–H groups in total. The zero-order valence-electron chi connectivity index (χ0n) is 22.2. The molecule has 0 saturated heterocycles. The molecule has 0 saturated carbocycles. The topological polar surface area (TPSA) is 149 Å². The normalized spacial score (nSPS) is 13.7. The summed E-state index contributed by atoms with van der Waals surface area (Å²) in [5.74, 6) is -2.68. The van der Waals surface area contributed by atoms with Crippen molar-refractivity contribution in [3.05, 3.63) is 0 Å². The van der Waals surface area contributed by atoms with Crippen LogP contribution in [0.15, 0.2) is 0 Å². The molecule has 3 amide bonds. The van der Waals surface area contributed by atoms with Gasteiger partial charge in [-0.25, -0.2) is 4.79 Å². The van der Waals surface area contributed by atoms with E-state index in [9.17, 15) is 24.0 Å². The maximum absolute atomic E-state index is 12.9. The predicted molar refractivity (Wildman–Crippen MR) is 133 cm³/mol. The minimum Gasteiger partial charge on any atom is -0.460 e. The number of thiol groups is 1. The Labute approximate surface area is 213 Å². The molecule has 35 heavy (non-hydrogen) atoms. The number of carbonyl (C=O) groups is 5. The Bertz CT molecular complexity index is 766. The lowest BCUT2D eigenvalue weighted by atomic mass is 10.1. The second-order valence-corrected chi connectivity index (χ2v) is 11.2. The van der Waals surface area contributed by atoms with E-state index in [1.807, 2.05) is 0 Å². The van der Waals surface area contributed by atoms with Crippen LogP contribution >= 0.6 is 12.6 Å². The van der Waals surface area contributed by atoms with Gasteiger partial charge in [-0.05, 0) is 68.7 Å². The van der Waals surface area contributed by atoms with Crippen LogP contribution in [0, 0.1) is 0 Å². The summed E-state index contributed by atoms with van der Waals surface area (Å²) in [6.45, 7) is 14.8. The molecule has 11 nitrogen and oxygen atoms in total. The number of rotatable bonds is 10. The van der Waals surface area contributed by atoms with Gasteiger partial charge in [-0.1, -0.05) is 0 Å². The Kier molecular flexibility index (Phi) is 12.6. The number of ether oxygens (including phenoxy) is 3. The quantitative estimate of drug-likeness (QED) is 0.194. The Morgan fingerprint density at radius 1 is 0.686 bits per heavy atom. The molecular formula is C23H41N3O8S. The Hall–Kier alpha value is -2.50. The first kappa shape index (κ1) is 32.5. The molecule has 0 radical (unpaired) electrons. The van der Waals surface area contributed by atoms with E-state index in [1.165, 1.54) is 0 Å². The van der Waals surface area contributed by atoms with Crippen molar-refractivity contribution in [3.8, 4) is 0 Å². The Balaban J connectivity index is 5.25. The van der Waals surface area contributed by atoms with Crippen LogP contribution in [0.1, 0.15) is 75.2 Å². The zero-order valence-corrected chi connectivity index (χ0v) is 23.1. The summed E-state index contributed by atoms with van der Waals surface area (Å²) in [7, 11) is 0. The van der Waals surface area contributed by atoms with Crippen LogP contribution in [0.2, 0.25) is 0 Å². The lowest BCUT2D eigenvalue weighted by Crippen LogP contribution is -2.55. The molecule has 0 fully saturated rings. The predicted octanol–water partition coefficient (Wildman–Crippen LogP) is 1.87. The molecule has 0 aliphatic carbocycles. The van der Waals surface area contributed by atoms with Crippen molar-refractivity contribution in [1.82, 2.24) is 16.0 Å². The van der Waals surface area contributed by atoms with Gasteiger partial charge in [0.2, 0.25) is 11.8 Å². The lowest BCUT2D eigenvalue weighted by Gasteiger charge is -2.25. The van der Waals surface area contributed by atoms with Gasteiger partial charge in [0.25, 0.3) is 0 Å². The molecule has 0 aromatic rings. The molecule has 0 rings (SSSR count). The third-order valence-electron chi connectivity index (χ3n) is 3.71. The molecule has 0 unspecified atom stereocenters. The average molecular weight is 520 g/mol. The van der Waals surface area contributed by atoms with Crippen LogP contribution in [0.3, 0.4) is 0 Å². The van der Waals surface area contributed by atoms with Crippen LogP contribution in [0.25, 0.3) is 0 Å². The highest BCUT2D eigenvalue weighted by Gasteiger charge is 2.29. The zero-order chi connectivity index (χ0) is 27.6. The molecule has 0 spiro atoms. The highest BCUT2D eigenvalue weighted by Crippen LogP contribution is 2.12. The minimum absolute atomic E-state index is 0.0862. The van der Waals surface area contributed by atoms with Crippen LogP contribution in [-0.4, -0.2) is 71.0 Å². The molecule has 0 aromatic heterocycles. The van der Waals surface area contributed by atoms with Crippen molar-refractivity contribution in [3.63, 3.8) is 0 Å². The number of hydrogen-bond donors (Lipinski definition) is 4. The Morgan fingerprint density at radius 2 is 1.17 bits per heavy atom. The first-order valence-electron chi connectivity index (χ1n) is 11.3. The summed E-state index contributed by atoms with van der Waals surface area (Å²) in [5, 5.41) is 7.29. The molecule has 0 bridgehead atoms. The monoisotopic (exact) mass is 519 g/mol. The summed E-state index contributed by atoms with van der Waals surface area (Å²) in [6.07, 6.45) is -1.13. The van der Waals surface area contributed by atoms with Crippen LogP contribution in [0.5, 0.6) is 0 Å². The Morgan fingerprint density at radius 3 is 1.63 bits per heavy atom. The van der Waals surface area contributed by atoms with E-state index < -0.39 is 65.3 Å². The van der Waals surface area contributed by atoms with Crippen molar-refractivity contribution < 1.29 is 38.2 Å². The molecule has 12 heteroatoms. The molecule has 0 heterocycles. The smallest absolute Gasteiger partial charge is 0.408 e. The third-order valence-corrected chi connectivity index (χ3v) is 4.07. The second kappa shape index (κ2) is 13.6. The fraction of sp³-hybridized carbons (Fsp3) is 0.783. The number of alkyl carbamates (subject to hydrolysis) is 1. The maximum Gasteiger partial charge on any atom is 0.408 e. The minimum atomic E-state index is -1.20. The van der Waals surface area contributed by atoms with Crippen molar-refractivity contribution in [2.75, 3.05) is 12.3 Å². The largest absolute Gasteiger partial charge is 0.460 e. The summed E-state index contributed by atoms with van der Waals surface area (Å²) >= 11 is 4.09. The number of carbonyl (C=O) groups excluding carboxylic acids is 5. The molecule has 0 aromatic carbocycles. The SMILES string of the molecule is CC(C)(C)OC(=O)CC[C@H](NC(=O)OC(C)(C)C)C(=O)N[C@@H](CS)C(=O)NCC(=O)OC(C)(C)C. The summed E-state index contributed by atoms with van der Waals surface area (Å²) in [5.41, 5.74) is -2.24. The molecule has 2 atom stereocenters. The van der Waals surface area contributed by atoms with Gasteiger partial charge in [-0.3, -0.25) is 19.2 Å². The fourth-order valence-corrected chi connectivity index (χ4v) is 2.76. The number of amides is 3. The molecule has 202 valence electrons. The van der Waals surface area contributed by atoms with Gasteiger partial charge in [0, 0.05) is 12.2 Å². The van der Waals surface area contributed by atoms with Gasteiger partial charge in [0.1, 0.15) is 35.4 Å². The number of nitrogens with one attached hydrogen (secondary N) is 3. The number of hydrogen-bond acceptors (Lipinski definition) is 9. The van der Waals surface area contributed by atoms with Crippen LogP contribution in [-0.2, 0) is 33.4 Å². The van der Waals surface area contributed by atoms with Gasteiger partial charge >= 0.3 is 18.0 Å². The van der Waals surface area contributed by atoms with Gasteiger partial charge in [-0.15, -0.1) is 0 Å².